The zero-order valence-corrected chi connectivity index (χ0v) is 20.7. The molecule has 0 radical (unpaired) electrons. The van der Waals surface area contributed by atoms with Gasteiger partial charge in [0.1, 0.15) is 11.6 Å². The second-order valence-electron chi connectivity index (χ2n) is 7.90. The Morgan fingerprint density at radius 1 is 1.00 bits per heavy atom. The van der Waals surface area contributed by atoms with Crippen molar-refractivity contribution in [3.63, 3.8) is 0 Å². The molecule has 1 fully saturated rings. The van der Waals surface area contributed by atoms with Crippen molar-refractivity contribution in [3.8, 4) is 5.75 Å². The van der Waals surface area contributed by atoms with Gasteiger partial charge in [-0.25, -0.2) is 4.98 Å². The predicted molar refractivity (Wildman–Crippen MR) is 137 cm³/mol. The number of benzene rings is 1. The summed E-state index contributed by atoms with van der Waals surface area (Å²) in [6.07, 6.45) is 2.45. The molecule has 1 saturated heterocycles. The standard InChI is InChI=1S/C23H23Cl2N5O3S/c1-29-7-2-8-30(10-9-29)20-6-4-18(34-20)23(33)28-21-16(11-15(25)12-17(21)31)22(32)27-19-5-3-14(24)13-26-19/h3-6,11-13,31H,2,7-10H2,1H3,(H,28,33)(H,26,27,32). The molecule has 178 valence electrons. The maximum Gasteiger partial charge on any atom is 0.265 e. The van der Waals surface area contributed by atoms with Crippen molar-refractivity contribution in [2.24, 2.45) is 0 Å². The van der Waals surface area contributed by atoms with Crippen molar-refractivity contribution in [3.05, 3.63) is 63.1 Å². The van der Waals surface area contributed by atoms with Gasteiger partial charge in [0.2, 0.25) is 0 Å². The quantitative estimate of drug-likeness (QED) is 0.418. The Morgan fingerprint density at radius 3 is 2.59 bits per heavy atom. The number of carbonyl (C=O) groups is 2. The lowest BCUT2D eigenvalue weighted by Crippen LogP contribution is -2.28. The molecule has 0 bridgehead atoms. The van der Waals surface area contributed by atoms with Crippen molar-refractivity contribution >= 4 is 62.9 Å². The van der Waals surface area contributed by atoms with Gasteiger partial charge < -0.3 is 25.5 Å². The van der Waals surface area contributed by atoms with E-state index in [0.717, 1.165) is 37.6 Å². The number of hydrogen-bond donors (Lipinski definition) is 3. The molecule has 2 amide bonds. The van der Waals surface area contributed by atoms with Crippen LogP contribution in [0.15, 0.2) is 42.6 Å². The first-order chi connectivity index (χ1) is 16.3. The van der Waals surface area contributed by atoms with Crippen LogP contribution < -0.4 is 15.5 Å². The number of nitrogens with one attached hydrogen (secondary N) is 2. The molecule has 0 saturated carbocycles. The first-order valence-corrected chi connectivity index (χ1v) is 12.2. The summed E-state index contributed by atoms with van der Waals surface area (Å²) in [5.41, 5.74) is -0.0327. The number of hydrogen-bond acceptors (Lipinski definition) is 7. The van der Waals surface area contributed by atoms with Crippen LogP contribution in [0.25, 0.3) is 0 Å². The van der Waals surface area contributed by atoms with Gasteiger partial charge in [-0.3, -0.25) is 9.59 Å². The minimum Gasteiger partial charge on any atom is -0.506 e. The van der Waals surface area contributed by atoms with E-state index in [1.54, 1.807) is 12.1 Å². The molecule has 2 aromatic heterocycles. The predicted octanol–water partition coefficient (Wildman–Crippen LogP) is 4.80. The van der Waals surface area contributed by atoms with Gasteiger partial charge in [-0.15, -0.1) is 11.3 Å². The summed E-state index contributed by atoms with van der Waals surface area (Å²) < 4.78 is 0. The minimum absolute atomic E-state index is 0.00225. The monoisotopic (exact) mass is 519 g/mol. The maximum atomic E-state index is 13.0. The van der Waals surface area contributed by atoms with Crippen LogP contribution in [0.2, 0.25) is 10.0 Å². The Bertz CT molecular complexity index is 1200. The molecular formula is C23H23Cl2N5O3S. The number of aromatic nitrogens is 1. The second kappa shape index (κ2) is 10.6. The topological polar surface area (TPSA) is 97.8 Å². The number of nitrogens with zero attached hydrogens (tertiary/aromatic N) is 3. The molecule has 34 heavy (non-hydrogen) atoms. The first-order valence-electron chi connectivity index (χ1n) is 10.6. The van der Waals surface area contributed by atoms with Gasteiger partial charge in [0.05, 0.1) is 26.2 Å². The number of thiophene rings is 1. The number of pyridine rings is 1. The lowest BCUT2D eigenvalue weighted by molar-refractivity contribution is 0.102. The summed E-state index contributed by atoms with van der Waals surface area (Å²) in [7, 11) is 2.10. The van der Waals surface area contributed by atoms with Crippen LogP contribution in [-0.4, -0.2) is 60.0 Å². The van der Waals surface area contributed by atoms with Gasteiger partial charge in [0, 0.05) is 36.9 Å². The van der Waals surface area contributed by atoms with Gasteiger partial charge in [-0.2, -0.15) is 0 Å². The molecule has 0 unspecified atom stereocenters. The van der Waals surface area contributed by atoms with E-state index in [1.807, 2.05) is 6.07 Å². The number of halogens is 2. The number of amides is 2. The van der Waals surface area contributed by atoms with Crippen molar-refractivity contribution in [2.45, 2.75) is 6.42 Å². The fourth-order valence-corrected chi connectivity index (χ4v) is 4.88. The molecular weight excluding hydrogens is 497 g/mol. The van der Waals surface area contributed by atoms with E-state index in [0.29, 0.717) is 9.90 Å². The summed E-state index contributed by atoms with van der Waals surface area (Å²) >= 11 is 13.3. The summed E-state index contributed by atoms with van der Waals surface area (Å²) in [4.78, 5) is 35.0. The molecule has 8 nitrogen and oxygen atoms in total. The summed E-state index contributed by atoms with van der Waals surface area (Å²) in [6.45, 7) is 3.81. The van der Waals surface area contributed by atoms with E-state index in [-0.39, 0.29) is 27.8 Å². The molecule has 1 aliphatic rings. The average Bonchev–Trinajstić information content (AvgIpc) is 3.19. The molecule has 1 aliphatic heterocycles. The second-order valence-corrected chi connectivity index (χ2v) is 9.83. The minimum atomic E-state index is -0.594. The number of aromatic hydroxyl groups is 1. The van der Waals surface area contributed by atoms with Crippen LogP contribution >= 0.6 is 34.5 Å². The lowest BCUT2D eigenvalue weighted by atomic mass is 10.1. The summed E-state index contributed by atoms with van der Waals surface area (Å²) in [5, 5.41) is 17.3. The van der Waals surface area contributed by atoms with Crippen LogP contribution in [0, 0.1) is 0 Å². The highest BCUT2D eigenvalue weighted by Gasteiger charge is 2.22. The van der Waals surface area contributed by atoms with Crippen molar-refractivity contribution in [2.75, 3.05) is 48.8 Å². The molecule has 3 aromatic rings. The van der Waals surface area contributed by atoms with E-state index in [1.165, 1.54) is 35.7 Å². The molecule has 4 rings (SSSR count). The highest BCUT2D eigenvalue weighted by molar-refractivity contribution is 7.18. The fraction of sp³-hybridized carbons (Fsp3) is 0.261. The van der Waals surface area contributed by atoms with E-state index in [4.69, 9.17) is 23.2 Å². The van der Waals surface area contributed by atoms with E-state index in [2.05, 4.69) is 32.5 Å². The Labute approximate surface area is 211 Å². The van der Waals surface area contributed by atoms with Crippen LogP contribution in [0.1, 0.15) is 26.5 Å². The third-order valence-corrected chi connectivity index (χ3v) is 6.97. The smallest absolute Gasteiger partial charge is 0.265 e. The van der Waals surface area contributed by atoms with E-state index in [9.17, 15) is 14.7 Å². The largest absolute Gasteiger partial charge is 0.506 e. The normalized spacial score (nSPS) is 14.5. The van der Waals surface area contributed by atoms with Crippen LogP contribution in [0.5, 0.6) is 5.75 Å². The van der Waals surface area contributed by atoms with Gasteiger partial charge in [-0.05, 0) is 50.3 Å². The summed E-state index contributed by atoms with van der Waals surface area (Å²) in [6, 6.07) is 9.42. The maximum absolute atomic E-state index is 13.0. The fourth-order valence-electron chi connectivity index (χ4n) is 3.60. The highest BCUT2D eigenvalue weighted by atomic mass is 35.5. The molecule has 1 aromatic carbocycles. The number of carbonyl (C=O) groups excluding carboxylic acids is 2. The van der Waals surface area contributed by atoms with Crippen LogP contribution in [0.3, 0.4) is 0 Å². The number of phenolic OH excluding ortho intramolecular Hbond substituents is 1. The Morgan fingerprint density at radius 2 is 1.82 bits per heavy atom. The molecule has 0 aliphatic carbocycles. The van der Waals surface area contributed by atoms with Crippen molar-refractivity contribution in [1.82, 2.24) is 9.88 Å². The van der Waals surface area contributed by atoms with Gasteiger partial charge in [0.25, 0.3) is 11.8 Å². The lowest BCUT2D eigenvalue weighted by Gasteiger charge is -2.20. The molecule has 0 spiro atoms. The Hall–Kier alpha value is -2.85. The van der Waals surface area contributed by atoms with Crippen molar-refractivity contribution < 1.29 is 14.7 Å². The molecule has 3 N–H and O–H groups in total. The number of rotatable bonds is 5. The van der Waals surface area contributed by atoms with Gasteiger partial charge in [0.15, 0.2) is 0 Å². The Balaban J connectivity index is 1.53. The van der Waals surface area contributed by atoms with Crippen LogP contribution in [-0.2, 0) is 0 Å². The summed E-state index contributed by atoms with van der Waals surface area (Å²) in [5.74, 6) is -1.08. The molecule has 3 heterocycles. The third kappa shape index (κ3) is 5.79. The zero-order chi connectivity index (χ0) is 24.2. The number of likely N-dealkylation sites (N-methyl/N-ethyl adjacent to an activating group) is 1. The van der Waals surface area contributed by atoms with Gasteiger partial charge >= 0.3 is 0 Å². The van der Waals surface area contributed by atoms with E-state index >= 15 is 0 Å². The first kappa shape index (κ1) is 24.3. The average molecular weight is 520 g/mol. The highest BCUT2D eigenvalue weighted by Crippen LogP contribution is 2.34. The van der Waals surface area contributed by atoms with Crippen LogP contribution in [0.4, 0.5) is 16.5 Å². The SMILES string of the molecule is CN1CCCN(c2ccc(C(=O)Nc3c(O)cc(Cl)cc3C(=O)Nc3ccc(Cl)cn3)s2)CC1. The number of phenols is 1. The third-order valence-electron chi connectivity index (χ3n) is 5.38. The van der Waals surface area contributed by atoms with E-state index < -0.39 is 11.8 Å². The molecule has 11 heteroatoms. The number of anilines is 3. The van der Waals surface area contributed by atoms with Gasteiger partial charge in [-0.1, -0.05) is 23.2 Å². The molecule has 0 atom stereocenters. The zero-order valence-electron chi connectivity index (χ0n) is 18.3. The van der Waals surface area contributed by atoms with Crippen molar-refractivity contribution in [1.29, 1.82) is 0 Å². The Kier molecular flexibility index (Phi) is 7.57.